The van der Waals surface area contributed by atoms with Gasteiger partial charge in [-0.2, -0.15) is 5.10 Å². The third-order valence-corrected chi connectivity index (χ3v) is 3.21. The molecule has 4 nitrogen and oxygen atoms in total. The van der Waals surface area contributed by atoms with E-state index in [9.17, 15) is 5.11 Å². The molecular formula is C16H15N3O. The summed E-state index contributed by atoms with van der Waals surface area (Å²) in [5, 5.41) is 14.1. The quantitative estimate of drug-likeness (QED) is 0.792. The second-order valence-corrected chi connectivity index (χ2v) is 4.68. The first kappa shape index (κ1) is 12.6. The second kappa shape index (κ2) is 5.27. The van der Waals surface area contributed by atoms with Gasteiger partial charge < -0.3 is 5.11 Å². The molecule has 20 heavy (non-hydrogen) atoms. The molecule has 2 heterocycles. The minimum atomic E-state index is -0.0382. The van der Waals surface area contributed by atoms with E-state index in [2.05, 4.69) is 17.0 Å². The molecule has 3 aromatic rings. The van der Waals surface area contributed by atoms with Crippen molar-refractivity contribution >= 4 is 0 Å². The molecule has 0 aliphatic carbocycles. The molecule has 0 amide bonds. The first-order valence-corrected chi connectivity index (χ1v) is 6.45. The lowest BCUT2D eigenvalue weighted by molar-refractivity contribution is 0.282. The number of aliphatic hydroxyl groups excluding tert-OH is 1. The van der Waals surface area contributed by atoms with Gasteiger partial charge in [-0.3, -0.25) is 4.98 Å². The highest BCUT2D eigenvalue weighted by Crippen LogP contribution is 2.23. The summed E-state index contributed by atoms with van der Waals surface area (Å²) in [5.74, 6) is 0. The van der Waals surface area contributed by atoms with Gasteiger partial charge in [-0.25, -0.2) is 4.68 Å². The van der Waals surface area contributed by atoms with Crippen LogP contribution in [0.1, 0.15) is 11.1 Å². The van der Waals surface area contributed by atoms with Gasteiger partial charge in [0, 0.05) is 29.7 Å². The molecule has 0 saturated heterocycles. The lowest BCUT2D eigenvalue weighted by Gasteiger charge is -2.01. The maximum Gasteiger partial charge on any atom is 0.0983 e. The SMILES string of the molecule is Cc1ccc(-n2cc(CO)c(-c3ccncc3)n2)cc1. The summed E-state index contributed by atoms with van der Waals surface area (Å²) >= 11 is 0. The third kappa shape index (κ3) is 2.33. The second-order valence-electron chi connectivity index (χ2n) is 4.68. The van der Waals surface area contributed by atoms with Gasteiger partial charge in [0.2, 0.25) is 0 Å². The van der Waals surface area contributed by atoms with Gasteiger partial charge in [-0.1, -0.05) is 17.7 Å². The van der Waals surface area contributed by atoms with Crippen molar-refractivity contribution in [3.05, 3.63) is 66.1 Å². The molecule has 0 aliphatic heterocycles. The molecular weight excluding hydrogens is 250 g/mol. The van der Waals surface area contributed by atoms with E-state index in [4.69, 9.17) is 0 Å². The molecule has 0 bridgehead atoms. The van der Waals surface area contributed by atoms with Crippen LogP contribution in [0.25, 0.3) is 16.9 Å². The standard InChI is InChI=1S/C16H15N3O/c1-12-2-4-15(5-3-12)19-10-14(11-20)16(18-19)13-6-8-17-9-7-13/h2-10,20H,11H2,1H3. The molecule has 0 radical (unpaired) electrons. The fourth-order valence-corrected chi connectivity index (χ4v) is 2.11. The van der Waals surface area contributed by atoms with Gasteiger partial charge in [0.1, 0.15) is 0 Å². The van der Waals surface area contributed by atoms with E-state index in [1.807, 2.05) is 42.6 Å². The summed E-state index contributed by atoms with van der Waals surface area (Å²) in [6.45, 7) is 2.01. The smallest absolute Gasteiger partial charge is 0.0983 e. The molecule has 1 aromatic carbocycles. The largest absolute Gasteiger partial charge is 0.392 e. The predicted octanol–water partition coefficient (Wildman–Crippen LogP) is 2.74. The number of rotatable bonds is 3. The Morgan fingerprint density at radius 2 is 1.75 bits per heavy atom. The van der Waals surface area contributed by atoms with Crippen molar-refractivity contribution in [2.24, 2.45) is 0 Å². The van der Waals surface area contributed by atoms with Crippen LogP contribution in [0.3, 0.4) is 0 Å². The Hall–Kier alpha value is -2.46. The van der Waals surface area contributed by atoms with E-state index in [0.717, 1.165) is 22.5 Å². The Bertz CT molecular complexity index is 702. The van der Waals surface area contributed by atoms with Crippen molar-refractivity contribution in [3.8, 4) is 16.9 Å². The summed E-state index contributed by atoms with van der Waals surface area (Å²) in [4.78, 5) is 4.00. The summed E-state index contributed by atoms with van der Waals surface area (Å²) < 4.78 is 1.79. The van der Waals surface area contributed by atoms with Crippen LogP contribution in [0.4, 0.5) is 0 Å². The van der Waals surface area contributed by atoms with Gasteiger partial charge in [-0.05, 0) is 31.2 Å². The summed E-state index contributed by atoms with van der Waals surface area (Å²) in [5.41, 5.74) is 4.73. The van der Waals surface area contributed by atoms with Gasteiger partial charge in [-0.15, -0.1) is 0 Å². The lowest BCUT2D eigenvalue weighted by Crippen LogP contribution is -1.94. The Morgan fingerprint density at radius 1 is 1.05 bits per heavy atom. The number of hydrogen-bond donors (Lipinski definition) is 1. The van der Waals surface area contributed by atoms with Crippen LogP contribution in [0, 0.1) is 6.92 Å². The Labute approximate surface area is 117 Å². The Morgan fingerprint density at radius 3 is 2.40 bits per heavy atom. The van der Waals surface area contributed by atoms with E-state index >= 15 is 0 Å². The molecule has 0 fully saturated rings. The van der Waals surface area contributed by atoms with Crippen molar-refractivity contribution in [1.82, 2.24) is 14.8 Å². The van der Waals surface area contributed by atoms with E-state index < -0.39 is 0 Å². The molecule has 3 rings (SSSR count). The van der Waals surface area contributed by atoms with E-state index in [0.29, 0.717) is 0 Å². The van der Waals surface area contributed by atoms with Crippen molar-refractivity contribution in [2.75, 3.05) is 0 Å². The highest BCUT2D eigenvalue weighted by Gasteiger charge is 2.11. The number of aromatic nitrogens is 3. The Balaban J connectivity index is 2.07. The molecule has 0 unspecified atom stereocenters. The van der Waals surface area contributed by atoms with Crippen LogP contribution in [-0.4, -0.2) is 19.9 Å². The zero-order valence-corrected chi connectivity index (χ0v) is 11.2. The monoisotopic (exact) mass is 265 g/mol. The first-order chi connectivity index (χ1) is 9.78. The van der Waals surface area contributed by atoms with Crippen LogP contribution in [0.2, 0.25) is 0 Å². The maximum atomic E-state index is 9.52. The highest BCUT2D eigenvalue weighted by atomic mass is 16.3. The molecule has 0 aliphatic rings. The summed E-state index contributed by atoms with van der Waals surface area (Å²) in [6.07, 6.45) is 5.31. The van der Waals surface area contributed by atoms with E-state index in [1.165, 1.54) is 5.56 Å². The van der Waals surface area contributed by atoms with Crippen molar-refractivity contribution in [2.45, 2.75) is 13.5 Å². The average molecular weight is 265 g/mol. The van der Waals surface area contributed by atoms with Crippen molar-refractivity contribution in [1.29, 1.82) is 0 Å². The minimum Gasteiger partial charge on any atom is -0.392 e. The van der Waals surface area contributed by atoms with Gasteiger partial charge in [0.15, 0.2) is 0 Å². The van der Waals surface area contributed by atoms with Crippen molar-refractivity contribution in [3.63, 3.8) is 0 Å². The van der Waals surface area contributed by atoms with Crippen molar-refractivity contribution < 1.29 is 5.11 Å². The van der Waals surface area contributed by atoms with Crippen LogP contribution in [0.5, 0.6) is 0 Å². The van der Waals surface area contributed by atoms with Gasteiger partial charge in [0.05, 0.1) is 18.0 Å². The molecule has 2 aromatic heterocycles. The van der Waals surface area contributed by atoms with Crippen LogP contribution < -0.4 is 0 Å². The molecule has 0 atom stereocenters. The Kier molecular flexibility index (Phi) is 3.31. The molecule has 0 spiro atoms. The van der Waals surface area contributed by atoms with E-state index in [-0.39, 0.29) is 6.61 Å². The first-order valence-electron chi connectivity index (χ1n) is 6.45. The number of hydrogen-bond acceptors (Lipinski definition) is 3. The predicted molar refractivity (Wildman–Crippen MR) is 77.5 cm³/mol. The third-order valence-electron chi connectivity index (χ3n) is 3.21. The highest BCUT2D eigenvalue weighted by molar-refractivity contribution is 5.62. The molecule has 4 heteroatoms. The molecule has 0 saturated carbocycles. The zero-order chi connectivity index (χ0) is 13.9. The number of aryl methyl sites for hydroxylation is 1. The molecule has 100 valence electrons. The number of pyridine rings is 1. The fourth-order valence-electron chi connectivity index (χ4n) is 2.11. The normalized spacial score (nSPS) is 10.7. The number of benzene rings is 1. The lowest BCUT2D eigenvalue weighted by atomic mass is 10.1. The molecule has 1 N–H and O–H groups in total. The minimum absolute atomic E-state index is 0.0382. The van der Waals surface area contributed by atoms with Crippen LogP contribution in [0.15, 0.2) is 55.0 Å². The van der Waals surface area contributed by atoms with Gasteiger partial charge >= 0.3 is 0 Å². The van der Waals surface area contributed by atoms with E-state index in [1.54, 1.807) is 17.1 Å². The number of aliphatic hydroxyl groups is 1. The maximum absolute atomic E-state index is 9.52. The van der Waals surface area contributed by atoms with Crippen LogP contribution >= 0.6 is 0 Å². The van der Waals surface area contributed by atoms with Crippen LogP contribution in [-0.2, 0) is 6.61 Å². The fraction of sp³-hybridized carbons (Fsp3) is 0.125. The number of nitrogens with zero attached hydrogens (tertiary/aromatic N) is 3. The zero-order valence-electron chi connectivity index (χ0n) is 11.2. The van der Waals surface area contributed by atoms with Gasteiger partial charge in [0.25, 0.3) is 0 Å². The summed E-state index contributed by atoms with van der Waals surface area (Å²) in [7, 11) is 0. The summed E-state index contributed by atoms with van der Waals surface area (Å²) in [6, 6.07) is 11.9. The average Bonchev–Trinajstić information content (AvgIpc) is 2.93. The topological polar surface area (TPSA) is 50.9 Å².